The monoisotopic (exact) mass is 478 g/mol. The molecule has 2 aliphatic heterocycles. The van der Waals surface area contributed by atoms with E-state index in [0.29, 0.717) is 30.7 Å². The molecule has 1 N–H and O–H groups in total. The number of aromatic nitrogens is 1. The molecule has 0 bridgehead atoms. The number of rotatable bonds is 7. The van der Waals surface area contributed by atoms with Crippen LogP contribution in [0.4, 0.5) is 0 Å². The van der Waals surface area contributed by atoms with Gasteiger partial charge in [-0.1, -0.05) is 19.9 Å². The van der Waals surface area contributed by atoms with E-state index in [-0.39, 0.29) is 41.7 Å². The zero-order chi connectivity index (χ0) is 25.1. The second-order valence-electron chi connectivity index (χ2n) is 9.33. The Balaban J connectivity index is 1.50. The van der Waals surface area contributed by atoms with E-state index in [0.717, 1.165) is 0 Å². The summed E-state index contributed by atoms with van der Waals surface area (Å²) < 4.78 is 5.14. The summed E-state index contributed by atoms with van der Waals surface area (Å²) in [6.45, 7) is 4.24. The van der Waals surface area contributed by atoms with Gasteiger partial charge in [-0.05, 0) is 55.2 Å². The minimum Gasteiger partial charge on any atom is -0.497 e. The van der Waals surface area contributed by atoms with Gasteiger partial charge in [0, 0.05) is 18.3 Å². The van der Waals surface area contributed by atoms with Gasteiger partial charge in [0.15, 0.2) is 5.78 Å². The zero-order valence-corrected chi connectivity index (χ0v) is 20.1. The average molecular weight is 479 g/mol. The highest BCUT2D eigenvalue weighted by Gasteiger charge is 2.52. The highest BCUT2D eigenvalue weighted by Crippen LogP contribution is 2.31. The molecule has 3 amide bonds. The highest BCUT2D eigenvalue weighted by molar-refractivity contribution is 6.03. The summed E-state index contributed by atoms with van der Waals surface area (Å²) in [7, 11) is 1.55. The van der Waals surface area contributed by atoms with Gasteiger partial charge in [-0.25, -0.2) is 0 Å². The van der Waals surface area contributed by atoms with Crippen molar-refractivity contribution < 1.29 is 23.9 Å². The fourth-order valence-electron chi connectivity index (χ4n) is 4.85. The summed E-state index contributed by atoms with van der Waals surface area (Å²) in [5.41, 5.74) is 0.686. The van der Waals surface area contributed by atoms with Crippen molar-refractivity contribution in [3.63, 3.8) is 0 Å². The molecule has 3 heterocycles. The number of likely N-dealkylation sites (tertiary alicyclic amines) is 2. The predicted molar refractivity (Wildman–Crippen MR) is 128 cm³/mol. The third-order valence-electron chi connectivity index (χ3n) is 6.51. The molecule has 0 spiro atoms. The van der Waals surface area contributed by atoms with Crippen LogP contribution < -0.4 is 10.1 Å². The molecule has 9 heteroatoms. The van der Waals surface area contributed by atoms with Crippen molar-refractivity contribution in [3.05, 3.63) is 59.9 Å². The van der Waals surface area contributed by atoms with Crippen LogP contribution in [0, 0.1) is 5.92 Å². The van der Waals surface area contributed by atoms with E-state index in [1.807, 2.05) is 13.8 Å². The van der Waals surface area contributed by atoms with Gasteiger partial charge >= 0.3 is 0 Å². The number of hydrogen-bond acceptors (Lipinski definition) is 6. The van der Waals surface area contributed by atoms with Gasteiger partial charge in [0.1, 0.15) is 23.5 Å². The van der Waals surface area contributed by atoms with Crippen molar-refractivity contribution in [2.24, 2.45) is 5.92 Å². The van der Waals surface area contributed by atoms with E-state index in [9.17, 15) is 19.2 Å². The Morgan fingerprint density at radius 3 is 2.49 bits per heavy atom. The largest absolute Gasteiger partial charge is 0.497 e. The smallest absolute Gasteiger partial charge is 0.273 e. The van der Waals surface area contributed by atoms with Crippen LogP contribution in [-0.4, -0.2) is 76.6 Å². The quantitative estimate of drug-likeness (QED) is 0.651. The molecule has 184 valence electrons. The molecule has 35 heavy (non-hydrogen) atoms. The van der Waals surface area contributed by atoms with E-state index >= 15 is 0 Å². The van der Waals surface area contributed by atoms with Gasteiger partial charge in [-0.15, -0.1) is 0 Å². The van der Waals surface area contributed by atoms with Crippen molar-refractivity contribution in [3.8, 4) is 5.75 Å². The van der Waals surface area contributed by atoms with E-state index in [2.05, 4.69) is 10.3 Å². The number of nitrogens with one attached hydrogen (secondary N) is 1. The Hall–Kier alpha value is -3.75. The Morgan fingerprint density at radius 1 is 1.11 bits per heavy atom. The Morgan fingerprint density at radius 2 is 1.86 bits per heavy atom. The predicted octanol–water partition coefficient (Wildman–Crippen LogP) is 1.93. The maximum absolute atomic E-state index is 13.6. The van der Waals surface area contributed by atoms with E-state index in [1.165, 1.54) is 11.1 Å². The fourth-order valence-corrected chi connectivity index (χ4v) is 4.85. The molecule has 2 aromatic rings. The summed E-state index contributed by atoms with van der Waals surface area (Å²) >= 11 is 0. The first kappa shape index (κ1) is 24.4. The molecule has 2 saturated heterocycles. The summed E-state index contributed by atoms with van der Waals surface area (Å²) in [6.07, 6.45) is 2.47. The fraction of sp³-hybridized carbons (Fsp3) is 0.423. The van der Waals surface area contributed by atoms with E-state index in [1.54, 1.807) is 54.5 Å². The summed E-state index contributed by atoms with van der Waals surface area (Å²) in [5, 5.41) is 2.86. The lowest BCUT2D eigenvalue weighted by Crippen LogP contribution is -2.53. The normalized spacial score (nSPS) is 20.1. The number of Topliss-reactive ketones (excluding diaryl/α,β-unsaturated/α-hetero) is 1. The van der Waals surface area contributed by atoms with Crippen LogP contribution in [0.1, 0.15) is 47.5 Å². The molecule has 0 radical (unpaired) electrons. The van der Waals surface area contributed by atoms with Crippen LogP contribution in [-0.2, 0) is 9.59 Å². The number of benzene rings is 1. The number of carbonyl (C=O) groups excluding carboxylic acids is 4. The maximum Gasteiger partial charge on any atom is 0.273 e. The maximum atomic E-state index is 13.6. The zero-order valence-electron chi connectivity index (χ0n) is 20.1. The van der Waals surface area contributed by atoms with Gasteiger partial charge in [0.25, 0.3) is 11.8 Å². The summed E-state index contributed by atoms with van der Waals surface area (Å²) in [4.78, 5) is 59.6. The van der Waals surface area contributed by atoms with E-state index < -0.39 is 18.1 Å². The topological polar surface area (TPSA) is 109 Å². The van der Waals surface area contributed by atoms with Crippen molar-refractivity contribution in [1.82, 2.24) is 20.1 Å². The number of nitrogens with zero attached hydrogens (tertiary/aromatic N) is 3. The second kappa shape index (κ2) is 10.2. The van der Waals surface area contributed by atoms with Gasteiger partial charge in [-0.2, -0.15) is 0 Å². The Bertz CT molecular complexity index is 1100. The first-order valence-electron chi connectivity index (χ1n) is 11.8. The molecular weight excluding hydrogens is 448 g/mol. The lowest BCUT2D eigenvalue weighted by Gasteiger charge is -2.29. The Labute approximate surface area is 204 Å². The van der Waals surface area contributed by atoms with Crippen LogP contribution in [0.15, 0.2) is 48.7 Å². The van der Waals surface area contributed by atoms with Gasteiger partial charge in [0.05, 0.1) is 19.7 Å². The summed E-state index contributed by atoms with van der Waals surface area (Å²) in [5.74, 6) is -0.383. The molecule has 0 aliphatic carbocycles. The number of methoxy groups -OCH3 is 1. The van der Waals surface area contributed by atoms with Crippen LogP contribution in [0.2, 0.25) is 0 Å². The van der Waals surface area contributed by atoms with Gasteiger partial charge in [-0.3, -0.25) is 24.2 Å². The lowest BCUT2D eigenvalue weighted by atomic mass is 10.0. The van der Waals surface area contributed by atoms with Crippen molar-refractivity contribution in [2.75, 3.05) is 20.2 Å². The molecule has 3 atom stereocenters. The highest BCUT2D eigenvalue weighted by atomic mass is 16.5. The third kappa shape index (κ3) is 5.03. The molecule has 1 aromatic carbocycles. The summed E-state index contributed by atoms with van der Waals surface area (Å²) in [6, 6.07) is 9.83. The second-order valence-corrected chi connectivity index (χ2v) is 9.33. The van der Waals surface area contributed by atoms with Gasteiger partial charge < -0.3 is 19.9 Å². The van der Waals surface area contributed by atoms with E-state index in [4.69, 9.17) is 4.74 Å². The molecule has 0 saturated carbocycles. The van der Waals surface area contributed by atoms with Crippen LogP contribution in [0.5, 0.6) is 5.75 Å². The number of ketones is 1. The first-order valence-corrected chi connectivity index (χ1v) is 11.8. The van der Waals surface area contributed by atoms with Crippen LogP contribution in [0.3, 0.4) is 0 Å². The number of ether oxygens (including phenoxy) is 1. The molecule has 3 unspecified atom stereocenters. The third-order valence-corrected chi connectivity index (χ3v) is 6.51. The van der Waals surface area contributed by atoms with Crippen LogP contribution in [0.25, 0.3) is 0 Å². The number of carbonyl (C=O) groups is 4. The molecule has 1 aromatic heterocycles. The van der Waals surface area contributed by atoms with Gasteiger partial charge in [0.2, 0.25) is 5.91 Å². The molecule has 9 nitrogen and oxygen atoms in total. The van der Waals surface area contributed by atoms with Crippen molar-refractivity contribution in [1.29, 1.82) is 0 Å². The Kier molecular flexibility index (Phi) is 7.14. The van der Waals surface area contributed by atoms with Crippen molar-refractivity contribution in [2.45, 2.75) is 44.8 Å². The standard InChI is InChI=1S/C26H30N4O5/c1-16(2)14-20(28-24(32)17-7-9-18(35-3)10-8-17)26(34)29-13-11-21-23(29)22(31)15-30(21)25(33)19-6-4-5-12-27-19/h4-10,12,16,20-21,23H,11,13-15H2,1-3H3,(H,28,32). The van der Waals surface area contributed by atoms with Crippen LogP contribution >= 0.6 is 0 Å². The number of pyridine rings is 1. The minimum absolute atomic E-state index is 0.0540. The number of fused-ring (bicyclic) bond motifs is 1. The average Bonchev–Trinajstić information content (AvgIpc) is 3.44. The number of hydrogen-bond donors (Lipinski definition) is 1. The molecule has 2 aliphatic rings. The molecular formula is C26H30N4O5. The SMILES string of the molecule is COc1ccc(C(=O)NC(CC(C)C)C(=O)N2CCC3C2C(=O)CN3C(=O)c2ccccn2)cc1. The molecule has 2 fully saturated rings. The lowest BCUT2D eigenvalue weighted by molar-refractivity contribution is -0.138. The first-order chi connectivity index (χ1) is 16.8. The number of amides is 3. The van der Waals surface area contributed by atoms with Crippen molar-refractivity contribution >= 4 is 23.5 Å². The minimum atomic E-state index is -0.781. The molecule has 4 rings (SSSR count).